The second-order valence-electron chi connectivity index (χ2n) is 2.75. The van der Waals surface area contributed by atoms with Gasteiger partial charge in [-0.25, -0.2) is 4.79 Å². The van der Waals surface area contributed by atoms with Crippen molar-refractivity contribution in [2.75, 3.05) is 0 Å². The maximum Gasteiger partial charge on any atom is 0.358 e. The molecule has 0 fully saturated rings. The van der Waals surface area contributed by atoms with E-state index >= 15 is 0 Å². The molecule has 14 heavy (non-hydrogen) atoms. The van der Waals surface area contributed by atoms with Crippen LogP contribution in [0, 0.1) is 12.3 Å². The second-order valence-corrected chi connectivity index (χ2v) is 2.75. The molecule has 0 amide bonds. The van der Waals surface area contributed by atoms with Crippen LogP contribution in [-0.2, 0) is 6.54 Å². The van der Waals surface area contributed by atoms with Crippen molar-refractivity contribution in [2.45, 2.75) is 19.5 Å². The molecule has 0 aliphatic carbocycles. The average Bonchev–Trinajstić information content (AvgIpc) is 2.62. The van der Waals surface area contributed by atoms with E-state index in [0.29, 0.717) is 12.3 Å². The molecule has 1 unspecified atom stereocenters. The number of nitrogens with zero attached hydrogens (tertiary/aromatic N) is 1. The number of carbonyl (C=O) groups is 1. The van der Waals surface area contributed by atoms with Gasteiger partial charge < -0.3 is 9.63 Å². The molecule has 2 N–H and O–H groups in total. The predicted molar refractivity (Wildman–Crippen MR) is 48.6 cm³/mol. The van der Waals surface area contributed by atoms with Gasteiger partial charge in [0.1, 0.15) is 0 Å². The highest BCUT2D eigenvalue weighted by Gasteiger charge is 2.10. The molecular weight excluding hydrogens is 184 g/mol. The molecule has 0 aromatic carbocycles. The number of terminal acetylenes is 1. The lowest BCUT2D eigenvalue weighted by molar-refractivity contribution is 0.0685. The molecule has 0 saturated carbocycles. The van der Waals surface area contributed by atoms with Crippen LogP contribution >= 0.6 is 0 Å². The Morgan fingerprint density at radius 2 is 2.64 bits per heavy atom. The molecule has 1 aromatic rings. The molecule has 1 atom stereocenters. The molecule has 0 radical (unpaired) electrons. The van der Waals surface area contributed by atoms with Crippen LogP contribution in [0.2, 0.25) is 0 Å². The van der Waals surface area contributed by atoms with E-state index in [1.54, 1.807) is 0 Å². The van der Waals surface area contributed by atoms with E-state index in [9.17, 15) is 4.79 Å². The van der Waals surface area contributed by atoms with Gasteiger partial charge in [0, 0.05) is 6.07 Å². The maximum atomic E-state index is 10.4. The van der Waals surface area contributed by atoms with Gasteiger partial charge in [0.15, 0.2) is 11.5 Å². The molecule has 0 aliphatic rings. The summed E-state index contributed by atoms with van der Waals surface area (Å²) in [7, 11) is 0. The second kappa shape index (κ2) is 4.44. The zero-order valence-electron chi connectivity index (χ0n) is 7.65. The number of carboxylic acid groups (broad SMARTS) is 1. The lowest BCUT2D eigenvalue weighted by Crippen LogP contribution is -2.23. The highest BCUT2D eigenvalue weighted by molar-refractivity contribution is 5.85. The van der Waals surface area contributed by atoms with Crippen molar-refractivity contribution in [3.05, 3.63) is 17.5 Å². The van der Waals surface area contributed by atoms with Gasteiger partial charge in [-0.05, 0) is 6.92 Å². The van der Waals surface area contributed by atoms with Gasteiger partial charge in [0.2, 0.25) is 0 Å². The van der Waals surface area contributed by atoms with Crippen LogP contribution in [0.5, 0.6) is 0 Å². The first kappa shape index (κ1) is 10.3. The van der Waals surface area contributed by atoms with E-state index in [4.69, 9.17) is 16.1 Å². The van der Waals surface area contributed by atoms with Crippen LogP contribution in [0.25, 0.3) is 0 Å². The van der Waals surface area contributed by atoms with E-state index in [1.165, 1.54) is 6.07 Å². The van der Waals surface area contributed by atoms with Crippen molar-refractivity contribution in [3.63, 3.8) is 0 Å². The third-order valence-corrected chi connectivity index (χ3v) is 1.61. The summed E-state index contributed by atoms with van der Waals surface area (Å²) in [6.45, 7) is 2.18. The van der Waals surface area contributed by atoms with Crippen molar-refractivity contribution >= 4 is 5.97 Å². The Labute approximate surface area is 81.1 Å². The van der Waals surface area contributed by atoms with Crippen LogP contribution in [0.4, 0.5) is 0 Å². The lowest BCUT2D eigenvalue weighted by Gasteiger charge is -2.02. The Hall–Kier alpha value is -1.80. The van der Waals surface area contributed by atoms with Gasteiger partial charge in [0.05, 0.1) is 12.6 Å². The summed E-state index contributed by atoms with van der Waals surface area (Å²) in [6.07, 6.45) is 5.14. The SMILES string of the molecule is C#CC(C)NCc1cc(C(=O)O)no1. The minimum Gasteiger partial charge on any atom is -0.476 e. The van der Waals surface area contributed by atoms with Gasteiger partial charge in [0.25, 0.3) is 0 Å². The largest absolute Gasteiger partial charge is 0.476 e. The predicted octanol–water partition coefficient (Wildman–Crippen LogP) is 0.484. The van der Waals surface area contributed by atoms with Crippen molar-refractivity contribution in [3.8, 4) is 12.3 Å². The fourth-order valence-corrected chi connectivity index (χ4v) is 0.810. The monoisotopic (exact) mass is 194 g/mol. The molecule has 5 nitrogen and oxygen atoms in total. The Morgan fingerprint density at radius 3 is 3.14 bits per heavy atom. The van der Waals surface area contributed by atoms with Crippen molar-refractivity contribution in [1.29, 1.82) is 0 Å². The molecule has 74 valence electrons. The Morgan fingerprint density at radius 1 is 1.93 bits per heavy atom. The number of nitrogens with one attached hydrogen (secondary N) is 1. The molecule has 1 rings (SSSR count). The summed E-state index contributed by atoms with van der Waals surface area (Å²) >= 11 is 0. The Bertz CT molecular complexity index is 364. The first-order valence-corrected chi connectivity index (χ1v) is 4.02. The molecule has 0 spiro atoms. The van der Waals surface area contributed by atoms with Gasteiger partial charge in [-0.1, -0.05) is 11.1 Å². The number of rotatable bonds is 4. The third-order valence-electron chi connectivity index (χ3n) is 1.61. The number of aromatic carboxylic acids is 1. The summed E-state index contributed by atoms with van der Waals surface area (Å²) in [5.41, 5.74) is -0.102. The van der Waals surface area contributed by atoms with Crippen molar-refractivity contribution < 1.29 is 14.4 Å². The summed E-state index contributed by atoms with van der Waals surface area (Å²) < 4.78 is 4.76. The normalized spacial score (nSPS) is 12.0. The average molecular weight is 194 g/mol. The number of aromatic nitrogens is 1. The van der Waals surface area contributed by atoms with Gasteiger partial charge in [-0.15, -0.1) is 6.42 Å². The van der Waals surface area contributed by atoms with E-state index in [-0.39, 0.29) is 11.7 Å². The molecule has 1 heterocycles. The zero-order valence-corrected chi connectivity index (χ0v) is 7.65. The van der Waals surface area contributed by atoms with Crippen molar-refractivity contribution in [2.24, 2.45) is 0 Å². The zero-order chi connectivity index (χ0) is 10.6. The Kier molecular flexibility index (Phi) is 3.26. The fourth-order valence-electron chi connectivity index (χ4n) is 0.810. The summed E-state index contributed by atoms with van der Waals surface area (Å²) in [6, 6.07) is 1.27. The number of carboxylic acids is 1. The summed E-state index contributed by atoms with van der Waals surface area (Å²) in [5.74, 6) is 1.82. The molecule has 1 aromatic heterocycles. The molecular formula is C9H10N2O3. The minimum absolute atomic E-state index is 0.0895. The van der Waals surface area contributed by atoms with Gasteiger partial charge in [-0.2, -0.15) is 0 Å². The van der Waals surface area contributed by atoms with E-state index in [2.05, 4.69) is 16.4 Å². The molecule has 0 saturated heterocycles. The van der Waals surface area contributed by atoms with E-state index < -0.39 is 5.97 Å². The van der Waals surface area contributed by atoms with Crippen LogP contribution < -0.4 is 5.32 Å². The van der Waals surface area contributed by atoms with Crippen LogP contribution in [0.15, 0.2) is 10.6 Å². The van der Waals surface area contributed by atoms with Crippen LogP contribution in [0.3, 0.4) is 0 Å². The van der Waals surface area contributed by atoms with Gasteiger partial charge in [-0.3, -0.25) is 5.32 Å². The lowest BCUT2D eigenvalue weighted by atomic mass is 10.3. The van der Waals surface area contributed by atoms with E-state index in [0.717, 1.165) is 0 Å². The van der Waals surface area contributed by atoms with Crippen LogP contribution in [0.1, 0.15) is 23.2 Å². The quantitative estimate of drug-likeness (QED) is 0.682. The van der Waals surface area contributed by atoms with Crippen LogP contribution in [-0.4, -0.2) is 22.3 Å². The van der Waals surface area contributed by atoms with E-state index in [1.807, 2.05) is 6.92 Å². The minimum atomic E-state index is -1.11. The fraction of sp³-hybridized carbons (Fsp3) is 0.333. The third kappa shape index (κ3) is 2.61. The first-order valence-electron chi connectivity index (χ1n) is 4.02. The number of hydrogen-bond acceptors (Lipinski definition) is 4. The topological polar surface area (TPSA) is 75.4 Å². The highest BCUT2D eigenvalue weighted by atomic mass is 16.5. The molecule has 0 bridgehead atoms. The highest BCUT2D eigenvalue weighted by Crippen LogP contribution is 2.03. The molecule has 5 heteroatoms. The summed E-state index contributed by atoms with van der Waals surface area (Å²) in [5, 5.41) is 14.8. The number of hydrogen-bond donors (Lipinski definition) is 2. The Balaban J connectivity index is 2.53. The van der Waals surface area contributed by atoms with Crippen molar-refractivity contribution in [1.82, 2.24) is 10.5 Å². The standard InChI is InChI=1S/C9H10N2O3/c1-3-6(2)10-5-7-4-8(9(12)13)11-14-7/h1,4,6,10H,5H2,2H3,(H,12,13). The molecule has 0 aliphatic heterocycles. The van der Waals surface area contributed by atoms with Gasteiger partial charge >= 0.3 is 5.97 Å². The summed E-state index contributed by atoms with van der Waals surface area (Å²) in [4.78, 5) is 10.4. The smallest absolute Gasteiger partial charge is 0.358 e. The maximum absolute atomic E-state index is 10.4. The first-order chi connectivity index (χ1) is 6.63.